The van der Waals surface area contributed by atoms with E-state index < -0.39 is 0 Å². The zero-order valence-corrected chi connectivity index (χ0v) is 15.8. The molecule has 3 rings (SSSR count). The lowest BCUT2D eigenvalue weighted by molar-refractivity contribution is 0.0955. The molecule has 0 fully saturated rings. The summed E-state index contributed by atoms with van der Waals surface area (Å²) in [5.41, 5.74) is 1.67. The number of nitrogens with zero attached hydrogens (tertiary/aromatic N) is 3. The van der Waals surface area contributed by atoms with Crippen LogP contribution < -0.4 is 20.7 Å². The predicted molar refractivity (Wildman–Crippen MR) is 108 cm³/mol. The normalized spacial score (nSPS) is 10.2. The molecule has 8 heteroatoms. The Labute approximate surface area is 163 Å². The van der Waals surface area contributed by atoms with Gasteiger partial charge in [-0.1, -0.05) is 6.07 Å². The van der Waals surface area contributed by atoms with E-state index in [0.29, 0.717) is 36.0 Å². The number of carbonyl (C=O) groups excluding carboxylic acids is 1. The van der Waals surface area contributed by atoms with Crippen molar-refractivity contribution in [1.29, 1.82) is 0 Å². The van der Waals surface area contributed by atoms with Crippen molar-refractivity contribution in [2.45, 2.75) is 6.92 Å². The molecule has 2 heterocycles. The van der Waals surface area contributed by atoms with Crippen LogP contribution in [0, 0.1) is 6.92 Å². The SMILES string of the molecule is COc1cccc(C(=O)NCCNc2ccc(Nc3cc(C)ccn3)nn2)c1. The molecular weight excluding hydrogens is 356 g/mol. The van der Waals surface area contributed by atoms with Gasteiger partial charge in [0.15, 0.2) is 5.82 Å². The molecule has 0 aliphatic heterocycles. The number of nitrogens with one attached hydrogen (secondary N) is 3. The Morgan fingerprint density at radius 3 is 2.57 bits per heavy atom. The number of anilines is 3. The highest BCUT2D eigenvalue weighted by molar-refractivity contribution is 5.94. The molecule has 3 N–H and O–H groups in total. The molecule has 144 valence electrons. The van der Waals surface area contributed by atoms with Crippen LogP contribution in [0.4, 0.5) is 17.5 Å². The maximum absolute atomic E-state index is 12.1. The molecule has 3 aromatic rings. The monoisotopic (exact) mass is 378 g/mol. The third kappa shape index (κ3) is 5.41. The lowest BCUT2D eigenvalue weighted by Gasteiger charge is -2.09. The average Bonchev–Trinajstić information content (AvgIpc) is 2.72. The smallest absolute Gasteiger partial charge is 0.251 e. The first-order valence-electron chi connectivity index (χ1n) is 8.83. The minimum absolute atomic E-state index is 0.156. The number of hydrogen-bond donors (Lipinski definition) is 3. The number of carbonyl (C=O) groups is 1. The topological polar surface area (TPSA) is 101 Å². The standard InChI is InChI=1S/C20H22N6O2/c1-14-8-9-21-19(12-14)24-18-7-6-17(25-26-18)22-10-11-23-20(27)15-4-3-5-16(13-15)28-2/h3-9,12-13H,10-11H2,1-2H3,(H,22,25)(H,23,27)(H,21,24,26). The highest BCUT2D eigenvalue weighted by Gasteiger charge is 2.06. The van der Waals surface area contributed by atoms with Crippen LogP contribution >= 0.6 is 0 Å². The maximum Gasteiger partial charge on any atom is 0.251 e. The first-order valence-corrected chi connectivity index (χ1v) is 8.83. The van der Waals surface area contributed by atoms with Crippen molar-refractivity contribution in [2.24, 2.45) is 0 Å². The number of benzene rings is 1. The fraction of sp³-hybridized carbons (Fsp3) is 0.200. The van der Waals surface area contributed by atoms with E-state index in [2.05, 4.69) is 31.1 Å². The first kappa shape index (κ1) is 19.1. The summed E-state index contributed by atoms with van der Waals surface area (Å²) in [6.45, 7) is 2.97. The highest BCUT2D eigenvalue weighted by atomic mass is 16.5. The number of amides is 1. The number of ether oxygens (including phenoxy) is 1. The Kier molecular flexibility index (Phi) is 6.35. The molecule has 0 radical (unpaired) electrons. The summed E-state index contributed by atoms with van der Waals surface area (Å²) < 4.78 is 5.12. The van der Waals surface area contributed by atoms with Crippen LogP contribution in [-0.2, 0) is 0 Å². The van der Waals surface area contributed by atoms with E-state index in [1.165, 1.54) is 0 Å². The van der Waals surface area contributed by atoms with Crippen molar-refractivity contribution in [3.63, 3.8) is 0 Å². The van der Waals surface area contributed by atoms with Gasteiger partial charge in [0.2, 0.25) is 0 Å². The lowest BCUT2D eigenvalue weighted by Crippen LogP contribution is -2.28. The molecule has 0 aliphatic carbocycles. The van der Waals surface area contributed by atoms with E-state index in [4.69, 9.17) is 4.74 Å². The van der Waals surface area contributed by atoms with Crippen molar-refractivity contribution in [1.82, 2.24) is 20.5 Å². The van der Waals surface area contributed by atoms with Crippen LogP contribution in [0.1, 0.15) is 15.9 Å². The fourth-order valence-corrected chi connectivity index (χ4v) is 2.46. The molecule has 8 nitrogen and oxygen atoms in total. The van der Waals surface area contributed by atoms with Gasteiger partial charge in [-0.05, 0) is 55.0 Å². The number of hydrogen-bond acceptors (Lipinski definition) is 7. The van der Waals surface area contributed by atoms with E-state index in [-0.39, 0.29) is 5.91 Å². The molecule has 0 spiro atoms. The van der Waals surface area contributed by atoms with E-state index in [0.717, 1.165) is 11.4 Å². The zero-order chi connectivity index (χ0) is 19.8. The largest absolute Gasteiger partial charge is 0.497 e. The lowest BCUT2D eigenvalue weighted by atomic mass is 10.2. The van der Waals surface area contributed by atoms with Gasteiger partial charge in [0.1, 0.15) is 17.4 Å². The summed E-state index contributed by atoms with van der Waals surface area (Å²) in [6, 6.07) is 14.5. The number of aryl methyl sites for hydroxylation is 1. The molecule has 0 saturated heterocycles. The van der Waals surface area contributed by atoms with Crippen molar-refractivity contribution < 1.29 is 9.53 Å². The fourth-order valence-electron chi connectivity index (χ4n) is 2.46. The summed E-state index contributed by atoms with van der Waals surface area (Å²) in [5.74, 6) is 2.44. The first-order chi connectivity index (χ1) is 13.6. The number of aromatic nitrogens is 3. The van der Waals surface area contributed by atoms with Gasteiger partial charge in [-0.25, -0.2) is 4.98 Å². The number of pyridine rings is 1. The van der Waals surface area contributed by atoms with Gasteiger partial charge in [-0.2, -0.15) is 0 Å². The van der Waals surface area contributed by atoms with Gasteiger partial charge >= 0.3 is 0 Å². The van der Waals surface area contributed by atoms with E-state index in [9.17, 15) is 4.79 Å². The van der Waals surface area contributed by atoms with Gasteiger partial charge in [0, 0.05) is 24.8 Å². The van der Waals surface area contributed by atoms with Crippen molar-refractivity contribution >= 4 is 23.4 Å². The van der Waals surface area contributed by atoms with Gasteiger partial charge in [-0.3, -0.25) is 4.79 Å². The van der Waals surface area contributed by atoms with Crippen LogP contribution in [0.3, 0.4) is 0 Å². The van der Waals surface area contributed by atoms with Crippen LogP contribution in [-0.4, -0.2) is 41.3 Å². The number of methoxy groups -OCH3 is 1. The number of rotatable bonds is 8. The quantitative estimate of drug-likeness (QED) is 0.518. The van der Waals surface area contributed by atoms with Gasteiger partial charge in [0.05, 0.1) is 7.11 Å². The molecular formula is C20H22N6O2. The summed E-state index contributed by atoms with van der Waals surface area (Å²) in [4.78, 5) is 16.4. The Morgan fingerprint density at radius 2 is 1.82 bits per heavy atom. The second kappa shape index (κ2) is 9.31. The molecule has 1 aromatic carbocycles. The van der Waals surface area contributed by atoms with Gasteiger partial charge in [0.25, 0.3) is 5.91 Å². The molecule has 0 saturated carbocycles. The Bertz CT molecular complexity index is 930. The van der Waals surface area contributed by atoms with Crippen LogP contribution in [0.15, 0.2) is 54.7 Å². The second-order valence-corrected chi connectivity index (χ2v) is 6.06. The molecule has 0 aliphatic rings. The summed E-state index contributed by atoms with van der Waals surface area (Å²) >= 11 is 0. The van der Waals surface area contributed by atoms with E-state index in [1.807, 2.05) is 31.2 Å². The minimum atomic E-state index is -0.156. The molecule has 0 bridgehead atoms. The van der Waals surface area contributed by atoms with Gasteiger partial charge in [-0.15, -0.1) is 10.2 Å². The molecule has 0 atom stereocenters. The maximum atomic E-state index is 12.1. The molecule has 2 aromatic heterocycles. The summed E-state index contributed by atoms with van der Waals surface area (Å²) in [6.07, 6.45) is 1.74. The van der Waals surface area contributed by atoms with Crippen molar-refractivity contribution in [3.05, 3.63) is 65.9 Å². The third-order valence-corrected chi connectivity index (χ3v) is 3.88. The van der Waals surface area contributed by atoms with Crippen LogP contribution in [0.25, 0.3) is 0 Å². The van der Waals surface area contributed by atoms with Gasteiger partial charge < -0.3 is 20.7 Å². The highest BCUT2D eigenvalue weighted by Crippen LogP contribution is 2.14. The third-order valence-electron chi connectivity index (χ3n) is 3.88. The average molecular weight is 378 g/mol. The molecule has 0 unspecified atom stereocenters. The Balaban J connectivity index is 1.44. The molecule has 28 heavy (non-hydrogen) atoms. The van der Waals surface area contributed by atoms with Crippen molar-refractivity contribution in [2.75, 3.05) is 30.8 Å². The van der Waals surface area contributed by atoms with Crippen LogP contribution in [0.2, 0.25) is 0 Å². The second-order valence-electron chi connectivity index (χ2n) is 6.06. The van der Waals surface area contributed by atoms with Crippen molar-refractivity contribution in [3.8, 4) is 5.75 Å². The predicted octanol–water partition coefficient (Wildman–Crippen LogP) is 2.77. The zero-order valence-electron chi connectivity index (χ0n) is 15.8. The molecule has 1 amide bonds. The minimum Gasteiger partial charge on any atom is -0.497 e. The van der Waals surface area contributed by atoms with Crippen LogP contribution in [0.5, 0.6) is 5.75 Å². The Morgan fingerprint density at radius 1 is 1.00 bits per heavy atom. The van der Waals surface area contributed by atoms with E-state index >= 15 is 0 Å². The Hall–Kier alpha value is -3.68. The summed E-state index contributed by atoms with van der Waals surface area (Å²) in [7, 11) is 1.57. The van der Waals surface area contributed by atoms with E-state index in [1.54, 1.807) is 37.6 Å². The summed E-state index contributed by atoms with van der Waals surface area (Å²) in [5, 5.41) is 17.3.